The lowest BCUT2D eigenvalue weighted by Gasteiger charge is -2.33. The molecule has 1 unspecified atom stereocenters. The summed E-state index contributed by atoms with van der Waals surface area (Å²) >= 11 is 5.86. The zero-order valence-corrected chi connectivity index (χ0v) is 51.7. The SMILES string of the molecule is Cc1nc2c(ccc3c(=O)cc(-c4ccc(N(C)CCOCCOCCOCCOCCOCCN(N)/C5=C(\N)c6ccccc6N(C(=O)CCNC(=O)CCN6C(=O)CC(SCCCCCCOP(O)(O)=S)C6=O)Cc6ccccc65)cc4)oc32)[nH]1. The highest BCUT2D eigenvalue weighted by atomic mass is 32.5. The van der Waals surface area contributed by atoms with Crippen LogP contribution in [0.1, 0.15) is 67.5 Å². The van der Waals surface area contributed by atoms with E-state index in [0.717, 1.165) is 57.9 Å². The number of hydrogen-bond acceptors (Lipinski definition) is 19. The molecule has 0 saturated carbocycles. The molecule has 0 spiro atoms. The van der Waals surface area contributed by atoms with Gasteiger partial charge in [-0.1, -0.05) is 55.3 Å². The van der Waals surface area contributed by atoms with Gasteiger partial charge < -0.3 is 73.3 Å². The molecular weight excluding hydrogens is 1180 g/mol. The number of benzene rings is 4. The van der Waals surface area contributed by atoms with E-state index in [1.54, 1.807) is 16.0 Å². The van der Waals surface area contributed by atoms with E-state index >= 15 is 0 Å². The zero-order chi connectivity index (χ0) is 61.7. The molecule has 4 amide bonds. The number of unbranched alkanes of at least 4 members (excludes halogenated alkanes) is 3. The van der Waals surface area contributed by atoms with Crippen molar-refractivity contribution in [1.82, 2.24) is 25.2 Å². The van der Waals surface area contributed by atoms with Crippen LogP contribution >= 0.6 is 18.5 Å². The first kappa shape index (κ1) is 66.4. The number of anilines is 2. The molecule has 26 heteroatoms. The van der Waals surface area contributed by atoms with Crippen molar-refractivity contribution >= 4 is 98.7 Å². The van der Waals surface area contributed by atoms with Gasteiger partial charge in [-0.05, 0) is 85.4 Å². The minimum atomic E-state index is -3.64. The highest BCUT2D eigenvalue weighted by Crippen LogP contribution is 2.38. The quantitative estimate of drug-likeness (QED) is 0.00837. The molecule has 2 aromatic heterocycles. The van der Waals surface area contributed by atoms with Crippen molar-refractivity contribution in [3.8, 4) is 11.3 Å². The summed E-state index contributed by atoms with van der Waals surface area (Å²) in [6.45, 7) is 3.59. The minimum absolute atomic E-state index is 0.0224. The number of imide groups is 1. The number of fused-ring (bicyclic) bond motifs is 5. The largest absolute Gasteiger partial charge is 0.453 e. The summed E-state index contributed by atoms with van der Waals surface area (Å²) in [4.78, 5) is 96.6. The summed E-state index contributed by atoms with van der Waals surface area (Å²) < 4.78 is 39.8. The molecule has 4 heterocycles. The number of para-hydroxylation sites is 1. The van der Waals surface area contributed by atoms with Gasteiger partial charge >= 0.3 is 6.72 Å². The maximum atomic E-state index is 14.0. The second kappa shape index (κ2) is 33.1. The third kappa shape index (κ3) is 19.2. The van der Waals surface area contributed by atoms with Gasteiger partial charge in [0.25, 0.3) is 0 Å². The molecule has 23 nitrogen and oxygen atoms in total. The van der Waals surface area contributed by atoms with Crippen LogP contribution in [0.25, 0.3) is 44.7 Å². The lowest BCUT2D eigenvalue weighted by atomic mass is 9.95. The van der Waals surface area contributed by atoms with E-state index in [0.29, 0.717) is 130 Å². The normalized spacial score (nSPS) is 15.3. The molecule has 1 fully saturated rings. The van der Waals surface area contributed by atoms with Crippen LogP contribution in [0.2, 0.25) is 0 Å². The standard InChI is InChI=1S/C61H78N9O14PS2/c1-42-65-49-20-19-48-51(71)39-52(84-60(48)58(49)66-42)43-15-17-45(18-16-43)67(2)25-28-78-30-32-80-34-36-82-37-35-81-33-31-79-29-26-70(63)59-46-12-6-5-11-44(46)41-69(50-14-8-7-13-47(50)57(59)62)55(73)21-23-64-54(72)22-24-68-56(74)40-53(61(68)75)87-38-10-4-3-9-27-83-85(76,77)86/h5-8,11-20,39,53H,3-4,9-10,21-38,40-41,62-63H2,1-2H3,(H,64,72)(H,65,66)(H2,76,77,86)/b59-57-. The summed E-state index contributed by atoms with van der Waals surface area (Å²) in [6.07, 6.45) is 3.06. The molecule has 8 N–H and O–H groups in total. The van der Waals surface area contributed by atoms with Gasteiger partial charge in [-0.2, -0.15) is 0 Å². The van der Waals surface area contributed by atoms with Gasteiger partial charge in [0.15, 0.2) is 11.0 Å². The summed E-state index contributed by atoms with van der Waals surface area (Å²) in [7, 11) is 1.99. The number of nitrogens with zero attached hydrogens (tertiary/aromatic N) is 5. The highest BCUT2D eigenvalue weighted by molar-refractivity contribution is 8.06. The number of hydrazine groups is 1. The van der Waals surface area contributed by atoms with Gasteiger partial charge in [0, 0.05) is 74.4 Å². The van der Waals surface area contributed by atoms with Gasteiger partial charge in [-0.25, -0.2) is 10.8 Å². The molecule has 2 aliphatic rings. The Morgan fingerprint density at radius 2 is 1.46 bits per heavy atom. The summed E-state index contributed by atoms with van der Waals surface area (Å²) in [5.74, 6) is 7.40. The zero-order valence-electron chi connectivity index (χ0n) is 49.2. The number of carbonyl (C=O) groups excluding carboxylic acids is 4. The topological polar surface area (TPSA) is 300 Å². The predicted octanol–water partition coefficient (Wildman–Crippen LogP) is 6.21. The average molecular weight is 1260 g/mol. The maximum Gasteiger partial charge on any atom is 0.321 e. The fraction of sp³-hybridized carbons (Fsp3) is 0.443. The van der Waals surface area contributed by atoms with Crippen LogP contribution in [-0.2, 0) is 65.7 Å². The number of rotatable bonds is 36. The van der Waals surface area contributed by atoms with Gasteiger partial charge in [0.2, 0.25) is 23.6 Å². The molecule has 1 saturated heterocycles. The van der Waals surface area contributed by atoms with Crippen molar-refractivity contribution in [3.05, 3.63) is 124 Å². The van der Waals surface area contributed by atoms with Crippen molar-refractivity contribution in [2.24, 2.45) is 11.6 Å². The smallest absolute Gasteiger partial charge is 0.321 e. The number of likely N-dealkylation sites (tertiary alicyclic amines) is 1. The van der Waals surface area contributed by atoms with E-state index in [2.05, 4.69) is 32.0 Å². The number of hydrogen-bond donors (Lipinski definition) is 6. The van der Waals surface area contributed by atoms with E-state index < -0.39 is 12.0 Å². The van der Waals surface area contributed by atoms with Gasteiger partial charge in [0.1, 0.15) is 17.1 Å². The monoisotopic (exact) mass is 1260 g/mol. The molecule has 0 bridgehead atoms. The van der Waals surface area contributed by atoms with Gasteiger partial charge in [-0.3, -0.25) is 28.9 Å². The van der Waals surface area contributed by atoms with Crippen molar-refractivity contribution in [1.29, 1.82) is 0 Å². The van der Waals surface area contributed by atoms with Crippen LogP contribution in [0, 0.1) is 6.92 Å². The number of carbonyl (C=O) groups is 4. The molecule has 1 atom stereocenters. The Morgan fingerprint density at radius 3 is 2.16 bits per heavy atom. The predicted molar refractivity (Wildman–Crippen MR) is 339 cm³/mol. The number of nitrogens with two attached hydrogens (primary N) is 2. The molecule has 0 radical (unpaired) electrons. The number of ether oxygens (including phenoxy) is 5. The van der Waals surface area contributed by atoms with Crippen molar-refractivity contribution in [2.45, 2.75) is 63.7 Å². The molecule has 468 valence electrons. The van der Waals surface area contributed by atoms with Crippen LogP contribution in [0.15, 0.2) is 100 Å². The van der Waals surface area contributed by atoms with Crippen molar-refractivity contribution < 1.29 is 61.6 Å². The number of likely N-dealkylation sites (N-methyl/N-ethyl adjacent to an activating group) is 1. The van der Waals surface area contributed by atoms with E-state index in [9.17, 15) is 24.0 Å². The van der Waals surface area contributed by atoms with E-state index in [-0.39, 0.29) is 81.2 Å². The second-order valence-corrected chi connectivity index (χ2v) is 24.8. The Bertz CT molecular complexity index is 3430. The van der Waals surface area contributed by atoms with Crippen molar-refractivity contribution in [2.75, 3.05) is 121 Å². The van der Waals surface area contributed by atoms with E-state index in [1.165, 1.54) is 17.8 Å². The number of aromatic nitrogens is 2. The number of aromatic amines is 1. The number of amides is 4. The number of thioether (sulfide) groups is 1. The van der Waals surface area contributed by atoms with Crippen LogP contribution in [0.4, 0.5) is 11.4 Å². The number of imidazole rings is 1. The fourth-order valence-corrected chi connectivity index (χ4v) is 11.8. The van der Waals surface area contributed by atoms with E-state index in [4.69, 9.17) is 54.0 Å². The number of nitrogens with one attached hydrogen (secondary N) is 2. The van der Waals surface area contributed by atoms with Crippen LogP contribution < -0.4 is 32.1 Å². The molecule has 87 heavy (non-hydrogen) atoms. The highest BCUT2D eigenvalue weighted by Gasteiger charge is 2.38. The minimum Gasteiger partial charge on any atom is -0.453 e. The molecule has 6 aromatic rings. The van der Waals surface area contributed by atoms with Gasteiger partial charge in [0.05, 0.1) is 119 Å². The maximum absolute atomic E-state index is 14.0. The molecule has 4 aromatic carbocycles. The molecule has 0 aliphatic carbocycles. The van der Waals surface area contributed by atoms with Crippen LogP contribution in [0.3, 0.4) is 0 Å². The number of H-pyrrole nitrogens is 1. The Morgan fingerprint density at radius 1 is 0.816 bits per heavy atom. The van der Waals surface area contributed by atoms with Crippen molar-refractivity contribution in [3.63, 3.8) is 0 Å². The summed E-state index contributed by atoms with van der Waals surface area (Å²) in [6, 6.07) is 27.9. The lowest BCUT2D eigenvalue weighted by Crippen LogP contribution is -2.39. The van der Waals surface area contributed by atoms with Crippen LogP contribution in [0.5, 0.6) is 0 Å². The Balaban J connectivity index is 0.668. The second-order valence-electron chi connectivity index (χ2n) is 20.8. The van der Waals surface area contributed by atoms with E-state index in [1.807, 2.05) is 92.8 Å². The van der Waals surface area contributed by atoms with Crippen LogP contribution in [-0.4, -0.2) is 170 Å². The first-order chi connectivity index (χ1) is 42.1. The molecule has 2 aliphatic heterocycles. The van der Waals surface area contributed by atoms with Gasteiger partial charge in [-0.15, -0.1) is 11.8 Å². The lowest BCUT2D eigenvalue weighted by molar-refractivity contribution is -0.138. The first-order valence-corrected chi connectivity index (χ1v) is 32.8. The Kier molecular flexibility index (Phi) is 25.3. The number of aryl methyl sites for hydroxylation is 1. The molecular formula is C61H78N9O14PS2. The Hall–Kier alpha value is -6.58. The molecule has 8 rings (SSSR count). The summed E-state index contributed by atoms with van der Waals surface area (Å²) in [5, 5.41) is 4.34. The fourth-order valence-electron chi connectivity index (χ4n) is 10.0. The average Bonchev–Trinajstić information content (AvgIpc) is 3.89. The first-order valence-electron chi connectivity index (χ1n) is 29.1. The Labute approximate surface area is 514 Å². The third-order valence-corrected chi connectivity index (χ3v) is 16.7. The summed E-state index contributed by atoms with van der Waals surface area (Å²) in [5.41, 5.74) is 14.3. The third-order valence-electron chi connectivity index (χ3n) is 14.6.